The van der Waals surface area contributed by atoms with Crippen molar-refractivity contribution in [3.8, 4) is 5.75 Å². The van der Waals surface area contributed by atoms with Crippen LogP contribution in [-0.2, 0) is 4.79 Å². The van der Waals surface area contributed by atoms with Gasteiger partial charge in [0.15, 0.2) is 0 Å². The summed E-state index contributed by atoms with van der Waals surface area (Å²) < 4.78 is 5.77. The van der Waals surface area contributed by atoms with E-state index in [0.717, 1.165) is 36.5 Å². The smallest absolute Gasteiger partial charge is 0.132 e. The SMILES string of the molecule is Cl.Clc1cccc(OC2CCCC2)c1.O=C1CCCC1. The van der Waals surface area contributed by atoms with E-state index >= 15 is 0 Å². The summed E-state index contributed by atoms with van der Waals surface area (Å²) in [7, 11) is 0. The lowest BCUT2D eigenvalue weighted by Gasteiger charge is -2.12. The summed E-state index contributed by atoms with van der Waals surface area (Å²) in [6.45, 7) is 0. The predicted octanol–water partition coefficient (Wildman–Crippen LogP) is 5.21. The maximum Gasteiger partial charge on any atom is 0.132 e. The van der Waals surface area contributed by atoms with Crippen molar-refractivity contribution in [1.29, 1.82) is 0 Å². The van der Waals surface area contributed by atoms with Gasteiger partial charge >= 0.3 is 0 Å². The minimum Gasteiger partial charge on any atom is -0.490 e. The van der Waals surface area contributed by atoms with Crippen molar-refractivity contribution in [3.05, 3.63) is 29.3 Å². The normalized spacial score (nSPS) is 18.1. The quantitative estimate of drug-likeness (QED) is 0.748. The first-order chi connectivity index (χ1) is 9.24. The van der Waals surface area contributed by atoms with Crippen molar-refractivity contribution in [2.75, 3.05) is 0 Å². The van der Waals surface area contributed by atoms with Gasteiger partial charge in [-0.3, -0.25) is 4.79 Å². The standard InChI is InChI=1S/C11H13ClO.C5H8O.ClH/c12-9-4-3-7-11(8-9)13-10-5-1-2-6-10;6-5-3-1-2-4-5;/h3-4,7-8,10H,1-2,5-6H2;1-4H2;1H. The topological polar surface area (TPSA) is 26.3 Å². The predicted molar refractivity (Wildman–Crippen MR) is 85.1 cm³/mol. The maximum absolute atomic E-state index is 10.2. The Bertz CT molecular complexity index is 407. The number of hydrogen-bond donors (Lipinski definition) is 0. The Morgan fingerprint density at radius 2 is 1.70 bits per heavy atom. The van der Waals surface area contributed by atoms with Gasteiger partial charge in [0.2, 0.25) is 0 Å². The number of rotatable bonds is 2. The van der Waals surface area contributed by atoms with Gasteiger partial charge in [0.1, 0.15) is 11.5 Å². The molecule has 1 aromatic rings. The molecule has 0 saturated heterocycles. The number of carbonyl (C=O) groups is 1. The van der Waals surface area contributed by atoms with Gasteiger partial charge in [-0.2, -0.15) is 0 Å². The molecule has 0 radical (unpaired) electrons. The van der Waals surface area contributed by atoms with Crippen molar-refractivity contribution in [2.45, 2.75) is 57.5 Å². The zero-order valence-corrected chi connectivity index (χ0v) is 13.2. The van der Waals surface area contributed by atoms with Crippen LogP contribution in [-0.4, -0.2) is 11.9 Å². The van der Waals surface area contributed by atoms with E-state index in [1.807, 2.05) is 24.3 Å². The third-order valence-electron chi connectivity index (χ3n) is 3.56. The Labute approximate surface area is 132 Å². The van der Waals surface area contributed by atoms with Crippen LogP contribution in [0.4, 0.5) is 0 Å². The first-order valence-corrected chi connectivity index (χ1v) is 7.56. The summed E-state index contributed by atoms with van der Waals surface area (Å²) in [5.41, 5.74) is 0. The van der Waals surface area contributed by atoms with Crippen molar-refractivity contribution in [2.24, 2.45) is 0 Å². The number of Topliss-reactive ketones (excluding diaryl/α,β-unsaturated/α-hetero) is 1. The van der Waals surface area contributed by atoms with Crippen LogP contribution in [0.1, 0.15) is 51.4 Å². The molecule has 2 saturated carbocycles. The van der Waals surface area contributed by atoms with Crippen molar-refractivity contribution in [3.63, 3.8) is 0 Å². The van der Waals surface area contributed by atoms with Crippen LogP contribution in [0, 0.1) is 0 Å². The van der Waals surface area contributed by atoms with Crippen molar-refractivity contribution < 1.29 is 9.53 Å². The third-order valence-corrected chi connectivity index (χ3v) is 3.80. The Morgan fingerprint density at radius 1 is 1.05 bits per heavy atom. The highest BCUT2D eigenvalue weighted by Crippen LogP contribution is 2.25. The fourth-order valence-corrected chi connectivity index (χ4v) is 2.69. The van der Waals surface area contributed by atoms with Gasteiger partial charge in [-0.15, -0.1) is 12.4 Å². The lowest BCUT2D eigenvalue weighted by Crippen LogP contribution is -2.10. The summed E-state index contributed by atoms with van der Waals surface area (Å²) in [5, 5.41) is 0.746. The molecule has 0 atom stereocenters. The Balaban J connectivity index is 0.000000243. The Kier molecular flexibility index (Phi) is 8.01. The maximum atomic E-state index is 10.2. The molecule has 3 rings (SSSR count). The minimum atomic E-state index is 0. The molecule has 2 aliphatic rings. The average molecular weight is 317 g/mol. The highest BCUT2D eigenvalue weighted by Gasteiger charge is 2.16. The van der Waals surface area contributed by atoms with E-state index in [-0.39, 0.29) is 12.4 Å². The third kappa shape index (κ3) is 6.15. The molecule has 0 aliphatic heterocycles. The van der Waals surface area contributed by atoms with Crippen LogP contribution in [0.15, 0.2) is 24.3 Å². The van der Waals surface area contributed by atoms with Crippen LogP contribution in [0.5, 0.6) is 5.75 Å². The minimum absolute atomic E-state index is 0. The number of ketones is 1. The lowest BCUT2D eigenvalue weighted by atomic mass is 10.3. The molecule has 2 aliphatic carbocycles. The van der Waals surface area contributed by atoms with Gasteiger partial charge in [0.05, 0.1) is 6.10 Å². The first kappa shape index (κ1) is 17.3. The molecule has 20 heavy (non-hydrogen) atoms. The highest BCUT2D eigenvalue weighted by atomic mass is 35.5. The fourth-order valence-electron chi connectivity index (χ4n) is 2.51. The van der Waals surface area contributed by atoms with Crippen LogP contribution >= 0.6 is 24.0 Å². The summed E-state index contributed by atoms with van der Waals surface area (Å²) in [4.78, 5) is 10.2. The molecule has 0 amide bonds. The zero-order valence-electron chi connectivity index (χ0n) is 11.6. The number of hydrogen-bond acceptors (Lipinski definition) is 2. The van der Waals surface area contributed by atoms with Crippen LogP contribution < -0.4 is 4.74 Å². The van der Waals surface area contributed by atoms with Crippen LogP contribution in [0.25, 0.3) is 0 Å². The van der Waals surface area contributed by atoms with Gasteiger partial charge in [-0.05, 0) is 56.7 Å². The van der Waals surface area contributed by atoms with Gasteiger partial charge in [0.25, 0.3) is 0 Å². The molecule has 112 valence electrons. The van der Waals surface area contributed by atoms with Gasteiger partial charge in [-0.25, -0.2) is 0 Å². The molecule has 2 fully saturated rings. The second-order valence-electron chi connectivity index (χ2n) is 5.23. The molecule has 0 unspecified atom stereocenters. The zero-order chi connectivity index (χ0) is 13.5. The first-order valence-electron chi connectivity index (χ1n) is 7.18. The van der Waals surface area contributed by atoms with E-state index in [1.54, 1.807) is 0 Å². The van der Waals surface area contributed by atoms with Gasteiger partial charge in [-0.1, -0.05) is 17.7 Å². The van der Waals surface area contributed by atoms with Crippen molar-refractivity contribution in [1.82, 2.24) is 0 Å². The number of benzene rings is 1. The second-order valence-corrected chi connectivity index (χ2v) is 5.66. The Hall–Kier alpha value is -0.730. The monoisotopic (exact) mass is 316 g/mol. The van der Waals surface area contributed by atoms with Crippen LogP contribution in [0.2, 0.25) is 5.02 Å². The van der Waals surface area contributed by atoms with Crippen molar-refractivity contribution >= 4 is 29.8 Å². The molecule has 0 N–H and O–H groups in total. The van der Waals surface area contributed by atoms with Crippen LogP contribution in [0.3, 0.4) is 0 Å². The largest absolute Gasteiger partial charge is 0.490 e. The van der Waals surface area contributed by atoms with E-state index in [2.05, 4.69) is 0 Å². The number of ether oxygens (including phenoxy) is 1. The summed E-state index contributed by atoms with van der Waals surface area (Å²) in [6.07, 6.45) is 9.35. The van der Waals surface area contributed by atoms with Gasteiger partial charge < -0.3 is 4.74 Å². The second kappa shape index (κ2) is 9.25. The number of carbonyl (C=O) groups excluding carboxylic acids is 1. The highest BCUT2D eigenvalue weighted by molar-refractivity contribution is 6.30. The molecule has 0 bridgehead atoms. The molecule has 0 aromatic heterocycles. The summed E-state index contributed by atoms with van der Waals surface area (Å²) in [5.74, 6) is 1.36. The van der Waals surface area contributed by atoms with Gasteiger partial charge in [0, 0.05) is 17.9 Å². The molecule has 0 spiro atoms. The Morgan fingerprint density at radius 3 is 2.20 bits per heavy atom. The summed E-state index contributed by atoms with van der Waals surface area (Å²) in [6, 6.07) is 7.62. The van der Waals surface area contributed by atoms with E-state index in [9.17, 15) is 4.79 Å². The molecule has 1 aromatic carbocycles. The van der Waals surface area contributed by atoms with E-state index in [1.165, 1.54) is 25.7 Å². The molecular weight excluding hydrogens is 295 g/mol. The lowest BCUT2D eigenvalue weighted by molar-refractivity contribution is -0.117. The molecule has 0 heterocycles. The van der Waals surface area contributed by atoms with E-state index in [0.29, 0.717) is 11.9 Å². The van der Waals surface area contributed by atoms with E-state index < -0.39 is 0 Å². The number of halogens is 2. The average Bonchev–Trinajstić information content (AvgIpc) is 3.04. The molecule has 2 nitrogen and oxygen atoms in total. The fraction of sp³-hybridized carbons (Fsp3) is 0.562. The summed E-state index contributed by atoms with van der Waals surface area (Å²) >= 11 is 5.85. The molecular formula is C16H22Cl2O2. The van der Waals surface area contributed by atoms with E-state index in [4.69, 9.17) is 16.3 Å². The molecule has 4 heteroatoms.